The van der Waals surface area contributed by atoms with E-state index in [1.54, 1.807) is 0 Å². The molecule has 2 heteroatoms. The Labute approximate surface area is 172 Å². The number of benzene rings is 2. The van der Waals surface area contributed by atoms with Gasteiger partial charge in [0.05, 0.1) is 6.61 Å². The highest BCUT2D eigenvalue weighted by molar-refractivity contribution is 5.44. The van der Waals surface area contributed by atoms with Gasteiger partial charge < -0.3 is 4.74 Å². The first kappa shape index (κ1) is 22.5. The fourth-order valence-electron chi connectivity index (χ4n) is 3.98. The summed E-state index contributed by atoms with van der Waals surface area (Å²) in [5.41, 5.74) is 4.00. The highest BCUT2D eigenvalue weighted by Gasteiger charge is 2.22. The normalized spacial score (nSPS) is 12.8. The van der Waals surface area contributed by atoms with E-state index in [-0.39, 0.29) is 0 Å². The van der Waals surface area contributed by atoms with Crippen molar-refractivity contribution in [2.45, 2.75) is 78.8 Å². The molecule has 0 fully saturated rings. The van der Waals surface area contributed by atoms with Crippen molar-refractivity contribution in [1.29, 1.82) is 0 Å². The second-order valence-electron chi connectivity index (χ2n) is 8.42. The van der Waals surface area contributed by atoms with Gasteiger partial charge in [-0.2, -0.15) is 0 Å². The highest BCUT2D eigenvalue weighted by atomic mass is 16.5. The molecule has 0 aromatic heterocycles. The van der Waals surface area contributed by atoms with Crippen molar-refractivity contribution in [3.05, 3.63) is 65.2 Å². The van der Waals surface area contributed by atoms with Crippen LogP contribution in [0.25, 0.3) is 0 Å². The maximum atomic E-state index is 6.22. The van der Waals surface area contributed by atoms with Gasteiger partial charge >= 0.3 is 0 Å². The van der Waals surface area contributed by atoms with E-state index in [0.717, 1.165) is 38.2 Å². The van der Waals surface area contributed by atoms with Crippen LogP contribution in [0.5, 0.6) is 5.75 Å². The number of hydrogen-bond acceptors (Lipinski definition) is 2. The minimum atomic E-state index is 0.345. The smallest absolute Gasteiger partial charge is 0.123 e. The number of rotatable bonds is 11. The quantitative estimate of drug-likeness (QED) is 0.396. The first-order chi connectivity index (χ1) is 13.4. The van der Waals surface area contributed by atoms with Crippen molar-refractivity contribution in [3.63, 3.8) is 0 Å². The molecule has 28 heavy (non-hydrogen) atoms. The summed E-state index contributed by atoms with van der Waals surface area (Å²) in [6, 6.07) is 18.7. The molecule has 0 aliphatic heterocycles. The summed E-state index contributed by atoms with van der Waals surface area (Å²) in [6.45, 7) is 15.4. The Balaban J connectivity index is 2.35. The molecule has 1 atom stereocenters. The van der Waals surface area contributed by atoms with Gasteiger partial charge in [-0.25, -0.2) is 0 Å². The molecule has 0 aliphatic carbocycles. The molecule has 0 saturated carbocycles. The Morgan fingerprint density at radius 3 is 2.21 bits per heavy atom. The summed E-state index contributed by atoms with van der Waals surface area (Å²) < 4.78 is 6.22. The van der Waals surface area contributed by atoms with Crippen LogP contribution in [0, 0.1) is 6.92 Å². The summed E-state index contributed by atoms with van der Waals surface area (Å²) in [6.07, 6.45) is 3.34. The zero-order valence-corrected chi connectivity index (χ0v) is 18.7. The maximum absolute atomic E-state index is 6.22. The molecule has 2 rings (SSSR count). The lowest BCUT2D eigenvalue weighted by Crippen LogP contribution is -2.38. The predicted octanol–water partition coefficient (Wildman–Crippen LogP) is 6.81. The van der Waals surface area contributed by atoms with Gasteiger partial charge in [0.15, 0.2) is 0 Å². The summed E-state index contributed by atoms with van der Waals surface area (Å²) >= 11 is 0. The Morgan fingerprint density at radius 2 is 1.61 bits per heavy atom. The van der Waals surface area contributed by atoms with Gasteiger partial charge in [0, 0.05) is 23.6 Å². The zero-order valence-electron chi connectivity index (χ0n) is 18.7. The SMILES string of the molecule is CCCCOc1ccc(C)cc1C(CCN(C(C)C)C(C)C)c1ccccc1. The minimum Gasteiger partial charge on any atom is -0.493 e. The molecule has 154 valence electrons. The van der Waals surface area contributed by atoms with Gasteiger partial charge in [0.1, 0.15) is 5.75 Å². The topological polar surface area (TPSA) is 12.5 Å². The average molecular weight is 382 g/mol. The third-order valence-corrected chi connectivity index (χ3v) is 5.50. The largest absolute Gasteiger partial charge is 0.493 e. The fraction of sp³-hybridized carbons (Fsp3) is 0.538. The van der Waals surface area contributed by atoms with Crippen LogP contribution < -0.4 is 4.74 Å². The molecule has 0 spiro atoms. The molecule has 0 amide bonds. The van der Waals surface area contributed by atoms with Gasteiger partial charge in [-0.15, -0.1) is 0 Å². The molecule has 0 radical (unpaired) electrons. The zero-order chi connectivity index (χ0) is 20.5. The maximum Gasteiger partial charge on any atom is 0.123 e. The first-order valence-corrected chi connectivity index (χ1v) is 11.0. The summed E-state index contributed by atoms with van der Waals surface area (Å²) in [4.78, 5) is 2.59. The molecule has 0 heterocycles. The van der Waals surface area contributed by atoms with Crippen LogP contribution in [0.3, 0.4) is 0 Å². The molecule has 0 aliphatic rings. The standard InChI is InChI=1S/C26H39NO/c1-7-8-18-28-26-15-14-22(6)19-25(26)24(23-12-10-9-11-13-23)16-17-27(20(2)3)21(4)5/h9-15,19-21,24H,7-8,16-18H2,1-6H3. The van der Waals surface area contributed by atoms with Crippen LogP contribution >= 0.6 is 0 Å². The summed E-state index contributed by atoms with van der Waals surface area (Å²) in [5.74, 6) is 1.39. The van der Waals surface area contributed by atoms with Crippen LogP contribution in [0.2, 0.25) is 0 Å². The van der Waals surface area contributed by atoms with Gasteiger partial charge in [0.2, 0.25) is 0 Å². The molecule has 0 bridgehead atoms. The third kappa shape index (κ3) is 6.38. The van der Waals surface area contributed by atoms with Crippen LogP contribution in [0.1, 0.15) is 76.5 Å². The molecule has 2 aromatic rings. The van der Waals surface area contributed by atoms with E-state index in [1.165, 1.54) is 16.7 Å². The van der Waals surface area contributed by atoms with Crippen molar-refractivity contribution in [2.24, 2.45) is 0 Å². The molecular formula is C26H39NO. The van der Waals surface area contributed by atoms with E-state index in [9.17, 15) is 0 Å². The second kappa shape index (κ2) is 11.3. The van der Waals surface area contributed by atoms with Gasteiger partial charge in [0.25, 0.3) is 0 Å². The Hall–Kier alpha value is -1.80. The number of hydrogen-bond donors (Lipinski definition) is 0. The van der Waals surface area contributed by atoms with Crippen LogP contribution in [-0.2, 0) is 0 Å². The van der Waals surface area contributed by atoms with E-state index < -0.39 is 0 Å². The lowest BCUT2D eigenvalue weighted by Gasteiger charge is -2.32. The van der Waals surface area contributed by atoms with E-state index in [4.69, 9.17) is 4.74 Å². The summed E-state index contributed by atoms with van der Waals surface area (Å²) in [7, 11) is 0. The van der Waals surface area contributed by atoms with E-state index in [2.05, 4.69) is 95.0 Å². The minimum absolute atomic E-state index is 0.345. The molecular weight excluding hydrogens is 342 g/mol. The molecule has 0 N–H and O–H groups in total. The van der Waals surface area contributed by atoms with Crippen molar-refractivity contribution < 1.29 is 4.74 Å². The monoisotopic (exact) mass is 381 g/mol. The van der Waals surface area contributed by atoms with E-state index >= 15 is 0 Å². The Morgan fingerprint density at radius 1 is 0.929 bits per heavy atom. The van der Waals surface area contributed by atoms with Crippen molar-refractivity contribution in [2.75, 3.05) is 13.2 Å². The van der Waals surface area contributed by atoms with E-state index in [1.807, 2.05) is 0 Å². The van der Waals surface area contributed by atoms with E-state index in [0.29, 0.717) is 18.0 Å². The van der Waals surface area contributed by atoms with Gasteiger partial charge in [-0.05, 0) is 65.6 Å². The van der Waals surface area contributed by atoms with Crippen molar-refractivity contribution in [3.8, 4) is 5.75 Å². The van der Waals surface area contributed by atoms with Crippen molar-refractivity contribution in [1.82, 2.24) is 4.90 Å². The number of ether oxygens (including phenoxy) is 1. The Bertz CT molecular complexity index is 685. The molecule has 2 aromatic carbocycles. The number of nitrogens with zero attached hydrogens (tertiary/aromatic N) is 1. The lowest BCUT2D eigenvalue weighted by atomic mass is 9.86. The molecule has 1 unspecified atom stereocenters. The van der Waals surface area contributed by atoms with Gasteiger partial charge in [-0.3, -0.25) is 4.90 Å². The lowest BCUT2D eigenvalue weighted by molar-refractivity contribution is 0.170. The highest BCUT2D eigenvalue weighted by Crippen LogP contribution is 2.36. The van der Waals surface area contributed by atoms with Gasteiger partial charge in [-0.1, -0.05) is 61.4 Å². The fourth-order valence-corrected chi connectivity index (χ4v) is 3.98. The summed E-state index contributed by atoms with van der Waals surface area (Å²) in [5, 5.41) is 0. The number of unbranched alkanes of at least 4 members (excludes halogenated alkanes) is 1. The Kier molecular flexibility index (Phi) is 9.05. The second-order valence-corrected chi connectivity index (χ2v) is 8.42. The average Bonchev–Trinajstić information content (AvgIpc) is 2.66. The van der Waals surface area contributed by atoms with Crippen LogP contribution in [0.4, 0.5) is 0 Å². The van der Waals surface area contributed by atoms with Crippen LogP contribution in [0.15, 0.2) is 48.5 Å². The molecule has 0 saturated heterocycles. The number of aryl methyl sites for hydroxylation is 1. The predicted molar refractivity (Wildman–Crippen MR) is 121 cm³/mol. The van der Waals surface area contributed by atoms with Crippen LogP contribution in [-0.4, -0.2) is 30.1 Å². The van der Waals surface area contributed by atoms with Crippen molar-refractivity contribution >= 4 is 0 Å². The molecule has 2 nitrogen and oxygen atoms in total. The first-order valence-electron chi connectivity index (χ1n) is 11.0. The third-order valence-electron chi connectivity index (χ3n) is 5.50.